The van der Waals surface area contributed by atoms with Crippen LogP contribution in [0.2, 0.25) is 0 Å². The predicted octanol–water partition coefficient (Wildman–Crippen LogP) is 3.81. The van der Waals surface area contributed by atoms with Gasteiger partial charge < -0.3 is 10.6 Å². The molecule has 0 aromatic heterocycles. The maximum atomic E-state index is 12.3. The summed E-state index contributed by atoms with van der Waals surface area (Å²) in [5, 5.41) is 14.6. The highest BCUT2D eigenvalue weighted by molar-refractivity contribution is 6.09. The maximum Gasteiger partial charge on any atom is 0.266 e. The van der Waals surface area contributed by atoms with Crippen LogP contribution in [-0.4, -0.2) is 11.8 Å². The molecule has 0 unspecified atom stereocenters. The van der Waals surface area contributed by atoms with Gasteiger partial charge in [-0.3, -0.25) is 9.59 Å². The summed E-state index contributed by atoms with van der Waals surface area (Å²) in [6, 6.07) is 14.4. The van der Waals surface area contributed by atoms with Crippen LogP contribution in [0.1, 0.15) is 23.6 Å². The fourth-order valence-electron chi connectivity index (χ4n) is 2.21. The van der Waals surface area contributed by atoms with Crippen LogP contribution in [0.3, 0.4) is 0 Å². The molecule has 0 atom stereocenters. The lowest BCUT2D eigenvalue weighted by molar-refractivity contribution is -0.114. The molecular formula is C20H19N3O2. The zero-order valence-electron chi connectivity index (χ0n) is 14.4. The lowest BCUT2D eigenvalue weighted by Crippen LogP contribution is -2.13. The molecule has 0 bridgehead atoms. The van der Waals surface area contributed by atoms with Crippen molar-refractivity contribution in [1.29, 1.82) is 5.26 Å². The van der Waals surface area contributed by atoms with Crippen LogP contribution in [0, 0.1) is 25.2 Å². The van der Waals surface area contributed by atoms with Crippen molar-refractivity contribution in [2.45, 2.75) is 20.8 Å². The van der Waals surface area contributed by atoms with E-state index in [-0.39, 0.29) is 11.5 Å². The van der Waals surface area contributed by atoms with Crippen LogP contribution in [0.4, 0.5) is 11.4 Å². The van der Waals surface area contributed by atoms with E-state index < -0.39 is 5.91 Å². The van der Waals surface area contributed by atoms with Gasteiger partial charge in [0.05, 0.1) is 0 Å². The number of hydrogen-bond donors (Lipinski definition) is 2. The third kappa shape index (κ3) is 5.05. The van der Waals surface area contributed by atoms with Crippen LogP contribution in [0.5, 0.6) is 0 Å². The Hall–Kier alpha value is -3.39. The van der Waals surface area contributed by atoms with E-state index in [1.807, 2.05) is 38.1 Å². The van der Waals surface area contributed by atoms with E-state index in [0.717, 1.165) is 16.7 Å². The van der Waals surface area contributed by atoms with Crippen molar-refractivity contribution in [3.63, 3.8) is 0 Å². The van der Waals surface area contributed by atoms with Gasteiger partial charge in [-0.25, -0.2) is 0 Å². The first kappa shape index (κ1) is 18.0. The van der Waals surface area contributed by atoms with Gasteiger partial charge in [0.25, 0.3) is 5.91 Å². The number of carbonyl (C=O) groups excluding carboxylic acids is 2. The molecule has 0 aliphatic carbocycles. The number of aryl methyl sites for hydroxylation is 2. The molecule has 0 saturated heterocycles. The molecule has 0 radical (unpaired) electrons. The molecule has 126 valence electrons. The highest BCUT2D eigenvalue weighted by Crippen LogP contribution is 2.16. The average molecular weight is 333 g/mol. The summed E-state index contributed by atoms with van der Waals surface area (Å²) < 4.78 is 0. The molecule has 0 aliphatic heterocycles. The Morgan fingerprint density at radius 2 is 1.56 bits per heavy atom. The van der Waals surface area contributed by atoms with E-state index in [1.54, 1.807) is 30.3 Å². The summed E-state index contributed by atoms with van der Waals surface area (Å²) in [6.45, 7) is 5.41. The molecule has 0 spiro atoms. The van der Waals surface area contributed by atoms with Gasteiger partial charge in [-0.15, -0.1) is 0 Å². The Balaban J connectivity index is 2.14. The summed E-state index contributed by atoms with van der Waals surface area (Å²) >= 11 is 0. The highest BCUT2D eigenvalue weighted by Gasteiger charge is 2.10. The van der Waals surface area contributed by atoms with Gasteiger partial charge in [-0.2, -0.15) is 5.26 Å². The van der Waals surface area contributed by atoms with Crippen molar-refractivity contribution in [2.75, 3.05) is 10.6 Å². The number of amides is 2. The van der Waals surface area contributed by atoms with Crippen molar-refractivity contribution in [3.8, 4) is 6.07 Å². The molecule has 2 aromatic rings. The molecule has 2 amide bonds. The Kier molecular flexibility index (Phi) is 5.70. The highest BCUT2D eigenvalue weighted by atomic mass is 16.2. The number of nitriles is 1. The molecule has 5 nitrogen and oxygen atoms in total. The van der Waals surface area contributed by atoms with E-state index in [0.29, 0.717) is 11.4 Å². The molecule has 2 rings (SSSR count). The van der Waals surface area contributed by atoms with E-state index in [9.17, 15) is 14.9 Å². The Labute approximate surface area is 147 Å². The minimum atomic E-state index is -0.479. The number of hydrogen-bond acceptors (Lipinski definition) is 3. The van der Waals surface area contributed by atoms with E-state index >= 15 is 0 Å². The quantitative estimate of drug-likeness (QED) is 0.659. The number of carbonyl (C=O) groups is 2. The summed E-state index contributed by atoms with van der Waals surface area (Å²) in [5.41, 5.74) is 4.25. The number of rotatable bonds is 4. The minimum absolute atomic E-state index is 0.0224. The molecule has 0 aliphatic rings. The largest absolute Gasteiger partial charge is 0.326 e. The van der Waals surface area contributed by atoms with E-state index in [2.05, 4.69) is 10.6 Å². The first-order chi connectivity index (χ1) is 11.9. The lowest BCUT2D eigenvalue weighted by Gasteiger charge is -2.07. The van der Waals surface area contributed by atoms with Crippen LogP contribution in [-0.2, 0) is 9.59 Å². The summed E-state index contributed by atoms with van der Waals surface area (Å²) in [6.07, 6.45) is 1.56. The first-order valence-electron chi connectivity index (χ1n) is 7.77. The fraction of sp³-hybridized carbons (Fsp3) is 0.150. The predicted molar refractivity (Wildman–Crippen MR) is 98.9 cm³/mol. The first-order valence-corrected chi connectivity index (χ1v) is 7.77. The second-order valence-corrected chi connectivity index (χ2v) is 5.73. The SMILES string of the molecule is CC(=O)Nc1ccc(NC(=O)/C(C#N)=C/c2ccc(C)c(C)c2)cc1. The van der Waals surface area contributed by atoms with Crippen LogP contribution in [0.15, 0.2) is 48.0 Å². The smallest absolute Gasteiger partial charge is 0.266 e. The average Bonchev–Trinajstić information content (AvgIpc) is 2.57. The van der Waals surface area contributed by atoms with Crippen LogP contribution in [0.25, 0.3) is 6.08 Å². The molecule has 0 fully saturated rings. The summed E-state index contributed by atoms with van der Waals surface area (Å²) in [4.78, 5) is 23.3. The van der Waals surface area contributed by atoms with Gasteiger partial charge in [0.15, 0.2) is 0 Å². The topological polar surface area (TPSA) is 82.0 Å². The van der Waals surface area contributed by atoms with Gasteiger partial charge >= 0.3 is 0 Å². The van der Waals surface area contributed by atoms with Gasteiger partial charge in [-0.1, -0.05) is 18.2 Å². The molecule has 25 heavy (non-hydrogen) atoms. The van der Waals surface area contributed by atoms with Crippen molar-refractivity contribution in [3.05, 3.63) is 64.7 Å². The normalized spacial score (nSPS) is 10.7. The zero-order chi connectivity index (χ0) is 18.4. The van der Waals surface area contributed by atoms with Crippen LogP contribution < -0.4 is 10.6 Å². The van der Waals surface area contributed by atoms with Gasteiger partial charge in [0, 0.05) is 18.3 Å². The van der Waals surface area contributed by atoms with Crippen molar-refractivity contribution >= 4 is 29.3 Å². The number of nitrogens with zero attached hydrogens (tertiary/aromatic N) is 1. The number of nitrogens with one attached hydrogen (secondary N) is 2. The van der Waals surface area contributed by atoms with Crippen molar-refractivity contribution in [2.24, 2.45) is 0 Å². The third-order valence-corrected chi connectivity index (χ3v) is 3.67. The van der Waals surface area contributed by atoms with Gasteiger partial charge in [0.2, 0.25) is 5.91 Å². The summed E-state index contributed by atoms with van der Waals surface area (Å²) in [5.74, 6) is -0.645. The molecular weight excluding hydrogens is 314 g/mol. The van der Waals surface area contributed by atoms with E-state index in [1.165, 1.54) is 6.92 Å². The number of anilines is 2. The Morgan fingerprint density at radius 3 is 2.08 bits per heavy atom. The van der Waals surface area contributed by atoms with Crippen molar-refractivity contribution < 1.29 is 9.59 Å². The molecule has 0 saturated carbocycles. The zero-order valence-corrected chi connectivity index (χ0v) is 14.4. The summed E-state index contributed by atoms with van der Waals surface area (Å²) in [7, 11) is 0. The minimum Gasteiger partial charge on any atom is -0.326 e. The van der Waals surface area contributed by atoms with Crippen LogP contribution >= 0.6 is 0 Å². The molecule has 2 N–H and O–H groups in total. The van der Waals surface area contributed by atoms with Gasteiger partial charge in [0.1, 0.15) is 11.6 Å². The third-order valence-electron chi connectivity index (χ3n) is 3.67. The second-order valence-electron chi connectivity index (χ2n) is 5.73. The number of benzene rings is 2. The fourth-order valence-corrected chi connectivity index (χ4v) is 2.21. The monoisotopic (exact) mass is 333 g/mol. The van der Waals surface area contributed by atoms with Crippen molar-refractivity contribution in [1.82, 2.24) is 0 Å². The van der Waals surface area contributed by atoms with Gasteiger partial charge in [-0.05, 0) is 60.9 Å². The Morgan fingerprint density at radius 1 is 0.960 bits per heavy atom. The molecule has 0 heterocycles. The Bertz CT molecular complexity index is 875. The lowest BCUT2D eigenvalue weighted by atomic mass is 10.0. The molecule has 2 aromatic carbocycles. The molecule has 5 heteroatoms. The maximum absolute atomic E-state index is 12.3. The standard InChI is InChI=1S/C20H19N3O2/c1-13-4-5-16(10-14(13)2)11-17(12-21)20(25)23-19-8-6-18(7-9-19)22-15(3)24/h4-11H,1-3H3,(H,22,24)(H,23,25)/b17-11+. The van der Waals surface area contributed by atoms with E-state index in [4.69, 9.17) is 0 Å². The second kappa shape index (κ2) is 7.93.